The molecule has 2 N–H and O–H groups in total. The van der Waals surface area contributed by atoms with Crippen LogP contribution in [-0.4, -0.2) is 0 Å². The minimum absolute atomic E-state index is 0.377. The van der Waals surface area contributed by atoms with E-state index in [1.165, 1.54) is 12.3 Å². The summed E-state index contributed by atoms with van der Waals surface area (Å²) in [4.78, 5) is 0. The van der Waals surface area contributed by atoms with E-state index in [-0.39, 0.29) is 0 Å². The Morgan fingerprint density at radius 1 is 1.86 bits per heavy atom. The SMILES string of the molecule is C=C(C#N)/C=C\N. The molecule has 0 aliphatic rings. The van der Waals surface area contributed by atoms with Crippen LogP contribution in [0.25, 0.3) is 0 Å². The van der Waals surface area contributed by atoms with Crippen LogP contribution >= 0.6 is 0 Å². The lowest BCUT2D eigenvalue weighted by molar-refractivity contribution is 1.49. The Kier molecular flexibility index (Phi) is 2.46. The maximum atomic E-state index is 8.01. The molecule has 0 bridgehead atoms. The molecule has 0 radical (unpaired) electrons. The number of allylic oxidation sites excluding steroid dienone is 2. The van der Waals surface area contributed by atoms with Gasteiger partial charge in [-0.05, 0) is 12.3 Å². The Bertz CT molecular complexity index is 128. The molecular formula is C5H6N2. The molecule has 0 aromatic carbocycles. The van der Waals surface area contributed by atoms with E-state index in [0.29, 0.717) is 5.57 Å². The van der Waals surface area contributed by atoms with E-state index in [4.69, 9.17) is 11.0 Å². The molecule has 2 heteroatoms. The summed E-state index contributed by atoms with van der Waals surface area (Å²) in [5.74, 6) is 0. The van der Waals surface area contributed by atoms with Gasteiger partial charge in [0, 0.05) is 5.57 Å². The van der Waals surface area contributed by atoms with E-state index in [0.717, 1.165) is 0 Å². The van der Waals surface area contributed by atoms with Crippen LogP contribution in [0.15, 0.2) is 24.4 Å². The van der Waals surface area contributed by atoms with Crippen molar-refractivity contribution in [2.24, 2.45) is 5.73 Å². The lowest BCUT2D eigenvalue weighted by Crippen LogP contribution is -1.75. The van der Waals surface area contributed by atoms with Crippen LogP contribution in [0.2, 0.25) is 0 Å². The fourth-order valence-electron chi connectivity index (χ4n) is 0.153. The summed E-state index contributed by atoms with van der Waals surface area (Å²) >= 11 is 0. The van der Waals surface area contributed by atoms with E-state index in [1.54, 1.807) is 6.07 Å². The Labute approximate surface area is 42.6 Å². The number of hydrogen-bond acceptors (Lipinski definition) is 2. The molecule has 0 unspecified atom stereocenters. The molecule has 36 valence electrons. The lowest BCUT2D eigenvalue weighted by atomic mass is 10.3. The van der Waals surface area contributed by atoms with Gasteiger partial charge in [-0.3, -0.25) is 0 Å². The summed E-state index contributed by atoms with van der Waals surface area (Å²) in [6.07, 6.45) is 2.73. The van der Waals surface area contributed by atoms with Crippen LogP contribution in [0, 0.1) is 11.3 Å². The molecule has 0 fully saturated rings. The highest BCUT2D eigenvalue weighted by Crippen LogP contribution is 1.83. The zero-order valence-electron chi connectivity index (χ0n) is 3.89. The zero-order valence-corrected chi connectivity index (χ0v) is 3.89. The van der Waals surface area contributed by atoms with Crippen molar-refractivity contribution in [3.05, 3.63) is 24.4 Å². The van der Waals surface area contributed by atoms with Crippen molar-refractivity contribution in [1.29, 1.82) is 5.26 Å². The molecule has 0 rings (SSSR count). The summed E-state index contributed by atoms with van der Waals surface area (Å²) in [6, 6.07) is 1.80. The fraction of sp³-hybridized carbons (Fsp3) is 0. The van der Waals surface area contributed by atoms with Gasteiger partial charge in [0.2, 0.25) is 0 Å². The van der Waals surface area contributed by atoms with Crippen molar-refractivity contribution in [2.45, 2.75) is 0 Å². The average Bonchev–Trinajstić information content (AvgIpc) is 1.68. The second-order valence-corrected chi connectivity index (χ2v) is 0.996. The smallest absolute Gasteiger partial charge is 0.0985 e. The summed E-state index contributed by atoms with van der Waals surface area (Å²) in [7, 11) is 0. The summed E-state index contributed by atoms with van der Waals surface area (Å²) < 4.78 is 0. The van der Waals surface area contributed by atoms with Gasteiger partial charge < -0.3 is 5.73 Å². The van der Waals surface area contributed by atoms with Crippen molar-refractivity contribution in [1.82, 2.24) is 0 Å². The molecule has 2 nitrogen and oxygen atoms in total. The van der Waals surface area contributed by atoms with E-state index in [9.17, 15) is 0 Å². The minimum Gasteiger partial charge on any atom is -0.405 e. The van der Waals surface area contributed by atoms with Gasteiger partial charge in [-0.1, -0.05) is 6.58 Å². The molecule has 0 aromatic heterocycles. The number of hydrogen-bond donors (Lipinski definition) is 1. The number of rotatable bonds is 1. The van der Waals surface area contributed by atoms with E-state index < -0.39 is 0 Å². The predicted molar refractivity (Wildman–Crippen MR) is 28.1 cm³/mol. The Hall–Kier alpha value is -1.23. The molecule has 0 saturated heterocycles. The second kappa shape index (κ2) is 2.98. The first-order chi connectivity index (χ1) is 3.31. The van der Waals surface area contributed by atoms with Gasteiger partial charge >= 0.3 is 0 Å². The lowest BCUT2D eigenvalue weighted by Gasteiger charge is -1.73. The molecule has 0 saturated carbocycles. The summed E-state index contributed by atoms with van der Waals surface area (Å²) in [5, 5.41) is 8.01. The first-order valence-electron chi connectivity index (χ1n) is 1.78. The molecule has 0 aliphatic heterocycles. The summed E-state index contributed by atoms with van der Waals surface area (Å²) in [5.41, 5.74) is 5.29. The highest BCUT2D eigenvalue weighted by molar-refractivity contribution is 5.28. The van der Waals surface area contributed by atoms with Gasteiger partial charge in [-0.15, -0.1) is 0 Å². The van der Waals surface area contributed by atoms with Gasteiger partial charge in [0.25, 0.3) is 0 Å². The van der Waals surface area contributed by atoms with Crippen LogP contribution in [0.3, 0.4) is 0 Å². The normalized spacial score (nSPS) is 8.43. The molecule has 0 atom stereocenters. The van der Waals surface area contributed by atoms with Gasteiger partial charge in [0.1, 0.15) is 0 Å². The third-order valence-corrected chi connectivity index (χ3v) is 0.441. The molecule has 0 amide bonds. The number of nitrogens with two attached hydrogens (primary N) is 1. The fourth-order valence-corrected chi connectivity index (χ4v) is 0.153. The standard InChI is InChI=1S/C5H6N2/c1-5(4-7)2-3-6/h2-3H,1,6H2/b3-2-. The monoisotopic (exact) mass is 94.1 g/mol. The van der Waals surface area contributed by atoms with Gasteiger partial charge in [0.15, 0.2) is 0 Å². The maximum Gasteiger partial charge on any atom is 0.0985 e. The van der Waals surface area contributed by atoms with Gasteiger partial charge in [-0.2, -0.15) is 5.26 Å². The van der Waals surface area contributed by atoms with E-state index >= 15 is 0 Å². The van der Waals surface area contributed by atoms with Crippen LogP contribution < -0.4 is 5.73 Å². The maximum absolute atomic E-state index is 8.01. The van der Waals surface area contributed by atoms with Crippen molar-refractivity contribution >= 4 is 0 Å². The molecule has 7 heavy (non-hydrogen) atoms. The van der Waals surface area contributed by atoms with E-state index in [2.05, 4.69) is 6.58 Å². The minimum atomic E-state index is 0.377. The second-order valence-electron chi connectivity index (χ2n) is 0.996. The van der Waals surface area contributed by atoms with Crippen LogP contribution in [-0.2, 0) is 0 Å². The third kappa shape index (κ3) is 2.58. The Morgan fingerprint density at radius 3 is 2.57 bits per heavy atom. The Morgan fingerprint density at radius 2 is 2.43 bits per heavy atom. The van der Waals surface area contributed by atoms with E-state index in [1.807, 2.05) is 0 Å². The first-order valence-corrected chi connectivity index (χ1v) is 1.78. The van der Waals surface area contributed by atoms with Crippen LogP contribution in [0.4, 0.5) is 0 Å². The van der Waals surface area contributed by atoms with Crippen molar-refractivity contribution in [3.8, 4) is 6.07 Å². The van der Waals surface area contributed by atoms with Crippen LogP contribution in [0.1, 0.15) is 0 Å². The van der Waals surface area contributed by atoms with Gasteiger partial charge in [0.05, 0.1) is 6.07 Å². The van der Waals surface area contributed by atoms with Crippen molar-refractivity contribution < 1.29 is 0 Å². The van der Waals surface area contributed by atoms with Gasteiger partial charge in [-0.25, -0.2) is 0 Å². The average molecular weight is 94.1 g/mol. The topological polar surface area (TPSA) is 49.8 Å². The van der Waals surface area contributed by atoms with Crippen molar-refractivity contribution in [3.63, 3.8) is 0 Å². The highest BCUT2D eigenvalue weighted by atomic mass is 14.5. The predicted octanol–water partition coefficient (Wildman–Crippen LogP) is 0.539. The highest BCUT2D eigenvalue weighted by Gasteiger charge is 1.74. The summed E-state index contributed by atoms with van der Waals surface area (Å²) in [6.45, 7) is 3.34. The quantitative estimate of drug-likeness (QED) is 0.381. The number of nitriles is 1. The third-order valence-electron chi connectivity index (χ3n) is 0.441. The molecule has 0 aliphatic carbocycles. The number of nitrogens with zero attached hydrogens (tertiary/aromatic N) is 1. The zero-order chi connectivity index (χ0) is 5.70. The molecule has 0 heterocycles. The first kappa shape index (κ1) is 5.77. The Balaban J connectivity index is 3.66. The van der Waals surface area contributed by atoms with Crippen molar-refractivity contribution in [2.75, 3.05) is 0 Å². The molecule has 0 aromatic rings. The molecule has 0 spiro atoms. The van der Waals surface area contributed by atoms with Crippen LogP contribution in [0.5, 0.6) is 0 Å². The largest absolute Gasteiger partial charge is 0.405 e. The molecular weight excluding hydrogens is 88.1 g/mol.